The average molecular weight is 964 g/mol. The van der Waals surface area contributed by atoms with E-state index in [9.17, 15) is 17.8 Å². The first kappa shape index (κ1) is 25.7. The zero-order valence-corrected chi connectivity index (χ0v) is 26.2. The van der Waals surface area contributed by atoms with Gasteiger partial charge in [0.2, 0.25) is 0 Å². The lowest BCUT2D eigenvalue weighted by Crippen LogP contribution is -2.16. The van der Waals surface area contributed by atoms with Crippen molar-refractivity contribution in [3.8, 4) is 5.75 Å². The van der Waals surface area contributed by atoms with E-state index in [1.54, 1.807) is 20.8 Å². The van der Waals surface area contributed by atoms with E-state index in [1.807, 2.05) is 0 Å². The molecular formula is C17H13I5O5S. The van der Waals surface area contributed by atoms with E-state index in [4.69, 9.17) is 4.74 Å². The third-order valence-electron chi connectivity index (χ3n) is 3.82. The summed E-state index contributed by atoms with van der Waals surface area (Å²) >= 11 is 11.0. The lowest BCUT2D eigenvalue weighted by Gasteiger charge is -2.17. The summed E-state index contributed by atoms with van der Waals surface area (Å²) in [7, 11) is -4.37. The molecule has 0 unspecified atom stereocenters. The number of carbonyl (C=O) groups excluding carboxylic acids is 1. The predicted octanol–water partition coefficient (Wildman–Crippen LogP) is 6.61. The zero-order chi connectivity index (χ0) is 21.5. The minimum absolute atomic E-state index is 0.165. The van der Waals surface area contributed by atoms with E-state index in [0.717, 1.165) is 17.9 Å². The van der Waals surface area contributed by atoms with Gasteiger partial charge < -0.3 is 4.74 Å². The van der Waals surface area contributed by atoms with E-state index >= 15 is 0 Å². The molecule has 0 aliphatic heterocycles. The van der Waals surface area contributed by atoms with Gasteiger partial charge in [0.25, 0.3) is 10.1 Å². The minimum Gasteiger partial charge on any atom is -0.423 e. The van der Waals surface area contributed by atoms with Crippen molar-refractivity contribution in [2.75, 3.05) is 0 Å². The molecule has 0 atom stereocenters. The molecule has 0 aromatic heterocycles. The zero-order valence-electron chi connectivity index (χ0n) is 14.6. The lowest BCUT2D eigenvalue weighted by molar-refractivity contribution is 0.0730. The van der Waals surface area contributed by atoms with Gasteiger partial charge in [0, 0.05) is 17.9 Å². The van der Waals surface area contributed by atoms with Crippen molar-refractivity contribution in [3.05, 3.63) is 46.7 Å². The van der Waals surface area contributed by atoms with Crippen LogP contribution in [0.2, 0.25) is 0 Å². The van der Waals surface area contributed by atoms with Crippen molar-refractivity contribution in [1.82, 2.24) is 0 Å². The first-order chi connectivity index (χ1) is 12.8. The van der Waals surface area contributed by atoms with Crippen LogP contribution in [0, 0.1) is 24.8 Å². The van der Waals surface area contributed by atoms with E-state index < -0.39 is 16.1 Å². The SMILES string of the molecule is Cc1cc(S(=O)(=O)O)c(C(C)C)cc1OC(=O)c1c(I)c(I)c(I)c(I)c1I. The molecule has 2 rings (SSSR count). The fraction of sp³-hybridized carbons (Fsp3) is 0.235. The first-order valence-electron chi connectivity index (χ1n) is 7.63. The second-order valence-corrected chi connectivity index (χ2v) is 12.9. The van der Waals surface area contributed by atoms with E-state index in [2.05, 4.69) is 113 Å². The predicted molar refractivity (Wildman–Crippen MR) is 150 cm³/mol. The maximum absolute atomic E-state index is 13.0. The molecular weight excluding hydrogens is 951 g/mol. The maximum atomic E-state index is 13.0. The Morgan fingerprint density at radius 1 is 0.964 bits per heavy atom. The van der Waals surface area contributed by atoms with E-state index in [-0.39, 0.29) is 16.6 Å². The summed E-state index contributed by atoms with van der Waals surface area (Å²) in [5, 5.41) is 0. The van der Waals surface area contributed by atoms with Crippen molar-refractivity contribution in [2.45, 2.75) is 31.6 Å². The fourth-order valence-corrected chi connectivity index (χ4v) is 8.52. The monoisotopic (exact) mass is 964 g/mol. The molecule has 0 bridgehead atoms. The molecule has 5 nitrogen and oxygen atoms in total. The van der Waals surface area contributed by atoms with Gasteiger partial charge >= 0.3 is 5.97 Å². The molecule has 0 saturated heterocycles. The standard InChI is InChI=1S/C17H13I5O5S/c1-6(2)8-5-9(7(3)4-10(8)28(24,25)26)27-17(23)11-12(18)14(20)16(22)15(21)13(11)19/h4-6H,1-3H3,(H,24,25,26). The molecule has 152 valence electrons. The molecule has 0 saturated carbocycles. The van der Waals surface area contributed by atoms with Crippen molar-refractivity contribution in [2.24, 2.45) is 0 Å². The smallest absolute Gasteiger partial charge is 0.345 e. The van der Waals surface area contributed by atoms with Gasteiger partial charge in [0.15, 0.2) is 0 Å². The third kappa shape index (κ3) is 5.44. The molecule has 2 aromatic rings. The topological polar surface area (TPSA) is 80.7 Å². The quantitative estimate of drug-likeness (QED) is 0.0934. The molecule has 0 amide bonds. The van der Waals surface area contributed by atoms with Crippen LogP contribution in [-0.2, 0) is 10.1 Å². The lowest BCUT2D eigenvalue weighted by atomic mass is 10.0. The Hall–Kier alpha value is 1.47. The Morgan fingerprint density at radius 2 is 1.43 bits per heavy atom. The van der Waals surface area contributed by atoms with Gasteiger partial charge in [-0.3, -0.25) is 4.55 Å². The van der Waals surface area contributed by atoms with Crippen LogP contribution in [0.4, 0.5) is 0 Å². The molecule has 11 heteroatoms. The normalized spacial score (nSPS) is 11.8. The van der Waals surface area contributed by atoms with Gasteiger partial charge in [0.1, 0.15) is 5.75 Å². The van der Waals surface area contributed by atoms with Gasteiger partial charge in [-0.15, -0.1) is 0 Å². The Kier molecular flexibility index (Phi) is 9.14. The number of ether oxygens (including phenoxy) is 1. The highest BCUT2D eigenvalue weighted by Gasteiger charge is 2.26. The minimum atomic E-state index is -4.37. The summed E-state index contributed by atoms with van der Waals surface area (Å²) < 4.78 is 43.3. The number of carbonyl (C=O) groups is 1. The van der Waals surface area contributed by atoms with Crippen molar-refractivity contribution >= 4 is 129 Å². The van der Waals surface area contributed by atoms with Gasteiger partial charge in [-0.05, 0) is 149 Å². The summed E-state index contributed by atoms with van der Waals surface area (Å²) in [6.45, 7) is 5.25. The van der Waals surface area contributed by atoms with Crippen LogP contribution < -0.4 is 4.74 Å². The number of aryl methyl sites for hydroxylation is 1. The molecule has 2 aromatic carbocycles. The van der Waals surface area contributed by atoms with Crippen LogP contribution in [0.25, 0.3) is 0 Å². The van der Waals surface area contributed by atoms with Gasteiger partial charge in [-0.1, -0.05) is 13.8 Å². The molecule has 0 fully saturated rings. The Labute approximate surface area is 232 Å². The van der Waals surface area contributed by atoms with Crippen LogP contribution >= 0.6 is 113 Å². The van der Waals surface area contributed by atoms with Crippen LogP contribution in [0.15, 0.2) is 17.0 Å². The highest BCUT2D eigenvalue weighted by atomic mass is 127. The Balaban J connectivity index is 2.59. The van der Waals surface area contributed by atoms with E-state index in [0.29, 0.717) is 16.7 Å². The average Bonchev–Trinajstić information content (AvgIpc) is 2.58. The van der Waals surface area contributed by atoms with Crippen LogP contribution in [0.5, 0.6) is 5.75 Å². The number of benzene rings is 2. The molecule has 0 aliphatic rings. The number of esters is 1. The molecule has 28 heavy (non-hydrogen) atoms. The van der Waals surface area contributed by atoms with Gasteiger partial charge in [-0.25, -0.2) is 4.79 Å². The van der Waals surface area contributed by atoms with Crippen LogP contribution in [-0.4, -0.2) is 18.9 Å². The number of hydrogen-bond donors (Lipinski definition) is 1. The summed E-state index contributed by atoms with van der Waals surface area (Å²) in [4.78, 5) is 12.8. The Morgan fingerprint density at radius 3 is 1.86 bits per heavy atom. The number of halogens is 5. The molecule has 0 heterocycles. The van der Waals surface area contributed by atoms with Crippen molar-refractivity contribution in [1.29, 1.82) is 0 Å². The summed E-state index contributed by atoms with van der Waals surface area (Å²) in [5.74, 6) is -0.412. The van der Waals surface area contributed by atoms with Crippen molar-refractivity contribution < 1.29 is 22.5 Å². The van der Waals surface area contributed by atoms with Crippen LogP contribution in [0.3, 0.4) is 0 Å². The first-order valence-corrected chi connectivity index (χ1v) is 14.5. The second-order valence-electron chi connectivity index (χ2n) is 6.12. The van der Waals surface area contributed by atoms with Gasteiger partial charge in [0.05, 0.1) is 10.5 Å². The number of rotatable bonds is 4. The van der Waals surface area contributed by atoms with Crippen LogP contribution in [0.1, 0.15) is 41.3 Å². The highest BCUT2D eigenvalue weighted by Crippen LogP contribution is 2.36. The maximum Gasteiger partial charge on any atom is 0.345 e. The second kappa shape index (κ2) is 9.95. The largest absolute Gasteiger partial charge is 0.423 e. The summed E-state index contributed by atoms with van der Waals surface area (Å²) in [6, 6.07) is 2.86. The van der Waals surface area contributed by atoms with Gasteiger partial charge in [-0.2, -0.15) is 8.42 Å². The molecule has 0 aliphatic carbocycles. The molecule has 0 radical (unpaired) electrons. The molecule has 0 spiro atoms. The third-order valence-corrected chi connectivity index (χ3v) is 14.3. The molecule has 1 N–H and O–H groups in total. The van der Waals surface area contributed by atoms with Crippen molar-refractivity contribution in [3.63, 3.8) is 0 Å². The summed E-state index contributed by atoms with van der Waals surface area (Å²) in [6.07, 6.45) is 0. The summed E-state index contributed by atoms with van der Waals surface area (Å²) in [5.41, 5.74) is 1.33. The highest BCUT2D eigenvalue weighted by molar-refractivity contribution is 14.1. The fourth-order valence-electron chi connectivity index (χ4n) is 2.40. The number of hydrogen-bond acceptors (Lipinski definition) is 4. The van der Waals surface area contributed by atoms with E-state index in [1.165, 1.54) is 12.1 Å². The Bertz CT molecular complexity index is 1050.